The number of rotatable bonds is 18. The monoisotopic (exact) mass is 662 g/mol. The number of carbonyl (C=O) groups excluding carboxylic acids is 2. The molecule has 1 aromatic rings. The van der Waals surface area contributed by atoms with E-state index in [-0.39, 0.29) is 17.6 Å². The van der Waals surface area contributed by atoms with Gasteiger partial charge in [-0.2, -0.15) is 26.3 Å². The van der Waals surface area contributed by atoms with Crippen molar-refractivity contribution in [2.24, 2.45) is 5.73 Å². The van der Waals surface area contributed by atoms with Crippen LogP contribution < -0.4 is 21.7 Å². The number of hydrogen-bond acceptors (Lipinski definition) is 7. The number of unbranched alkanes of at least 4 members (excludes halogenated alkanes) is 5. The molecule has 0 aromatic heterocycles. The van der Waals surface area contributed by atoms with Gasteiger partial charge in [-0.25, -0.2) is 9.59 Å². The van der Waals surface area contributed by atoms with E-state index in [1.807, 2.05) is 6.92 Å². The Balaban J connectivity index is 0. The Labute approximate surface area is 257 Å². The van der Waals surface area contributed by atoms with Crippen molar-refractivity contribution in [3.05, 3.63) is 29.8 Å². The van der Waals surface area contributed by atoms with Gasteiger partial charge >= 0.3 is 24.3 Å². The van der Waals surface area contributed by atoms with Crippen molar-refractivity contribution in [1.82, 2.24) is 16.0 Å². The standard InChI is InChI=1S/C24H42N4O3.2C2HF3O2/c1-2-10-23(30)28-22(19-20-11-13-21(29)14-12-20)24(31)27-18-9-8-17-26-16-7-5-3-4-6-15-25;2*3-2(4,5)1(6)7/h11-14,22,26,29H,2-10,15-19,25H2,1H3,(H,27,31)(H,28,30);2*(H,6,7)/t22-;;/m0../s1. The summed E-state index contributed by atoms with van der Waals surface area (Å²) in [6.07, 6.45) is -0.701. The molecule has 0 fully saturated rings. The van der Waals surface area contributed by atoms with Gasteiger partial charge in [0.15, 0.2) is 0 Å². The first kappa shape index (κ1) is 43.5. The second-order valence-corrected chi connectivity index (χ2v) is 9.65. The summed E-state index contributed by atoms with van der Waals surface area (Å²) in [6, 6.07) is 6.11. The molecular formula is C28H44F6N4O7. The van der Waals surface area contributed by atoms with Crippen LogP contribution in [0.15, 0.2) is 24.3 Å². The molecule has 260 valence electrons. The van der Waals surface area contributed by atoms with Gasteiger partial charge in [0.05, 0.1) is 0 Å². The molecule has 1 rings (SSSR count). The van der Waals surface area contributed by atoms with Crippen LogP contribution in [0.3, 0.4) is 0 Å². The highest BCUT2D eigenvalue weighted by molar-refractivity contribution is 5.87. The zero-order chi connectivity index (χ0) is 34.9. The molecule has 0 spiro atoms. The second kappa shape index (κ2) is 24.7. The number of nitrogens with one attached hydrogen (secondary N) is 3. The molecule has 0 aliphatic carbocycles. The molecule has 2 amide bonds. The minimum absolute atomic E-state index is 0.117. The highest BCUT2D eigenvalue weighted by Gasteiger charge is 2.38. The molecule has 0 bridgehead atoms. The lowest BCUT2D eigenvalue weighted by molar-refractivity contribution is -0.193. The number of carbonyl (C=O) groups is 4. The molecule has 0 aliphatic heterocycles. The Morgan fingerprint density at radius 2 is 1.22 bits per heavy atom. The molecule has 0 heterocycles. The molecule has 8 N–H and O–H groups in total. The maximum Gasteiger partial charge on any atom is 0.490 e. The predicted molar refractivity (Wildman–Crippen MR) is 153 cm³/mol. The number of phenols is 1. The van der Waals surface area contributed by atoms with E-state index in [0.29, 0.717) is 19.4 Å². The molecule has 45 heavy (non-hydrogen) atoms. The number of carboxylic acid groups (broad SMARTS) is 2. The minimum Gasteiger partial charge on any atom is -0.508 e. The summed E-state index contributed by atoms with van der Waals surface area (Å²) in [4.78, 5) is 42.5. The van der Waals surface area contributed by atoms with E-state index in [2.05, 4.69) is 16.0 Å². The van der Waals surface area contributed by atoms with Gasteiger partial charge in [-0.05, 0) is 69.4 Å². The average Bonchev–Trinajstić information content (AvgIpc) is 2.94. The number of carboxylic acids is 2. The van der Waals surface area contributed by atoms with Crippen molar-refractivity contribution < 1.29 is 60.8 Å². The third-order valence-corrected chi connectivity index (χ3v) is 5.63. The van der Waals surface area contributed by atoms with Crippen LogP contribution in [-0.4, -0.2) is 83.6 Å². The molecule has 0 saturated carbocycles. The van der Waals surface area contributed by atoms with E-state index in [4.69, 9.17) is 25.5 Å². The molecule has 1 aromatic carbocycles. The molecule has 11 nitrogen and oxygen atoms in total. The number of nitrogens with two attached hydrogens (primary N) is 1. The van der Waals surface area contributed by atoms with Crippen molar-refractivity contribution in [3.63, 3.8) is 0 Å². The van der Waals surface area contributed by atoms with Crippen LogP contribution in [-0.2, 0) is 25.6 Å². The maximum absolute atomic E-state index is 12.6. The Morgan fingerprint density at radius 3 is 1.69 bits per heavy atom. The van der Waals surface area contributed by atoms with E-state index in [9.17, 15) is 41.0 Å². The summed E-state index contributed by atoms with van der Waals surface area (Å²) in [5, 5.41) is 32.9. The van der Waals surface area contributed by atoms with E-state index in [1.165, 1.54) is 25.7 Å². The van der Waals surface area contributed by atoms with Crippen LogP contribution in [0.25, 0.3) is 0 Å². The molecule has 0 radical (unpaired) electrons. The second-order valence-electron chi connectivity index (χ2n) is 9.65. The molecule has 17 heteroatoms. The van der Waals surface area contributed by atoms with Crippen molar-refractivity contribution in [2.75, 3.05) is 26.2 Å². The summed E-state index contributed by atoms with van der Waals surface area (Å²) in [5.74, 6) is -5.61. The Bertz CT molecular complexity index is 954. The third-order valence-electron chi connectivity index (χ3n) is 5.63. The van der Waals surface area contributed by atoms with Gasteiger partial charge in [0.25, 0.3) is 0 Å². The van der Waals surface area contributed by atoms with Crippen LogP contribution in [0.2, 0.25) is 0 Å². The summed E-state index contributed by atoms with van der Waals surface area (Å²) in [6.45, 7) is 5.30. The van der Waals surface area contributed by atoms with Crippen molar-refractivity contribution >= 4 is 23.8 Å². The fourth-order valence-electron chi connectivity index (χ4n) is 3.33. The number of hydrogen-bond donors (Lipinski definition) is 7. The maximum atomic E-state index is 12.6. The van der Waals surface area contributed by atoms with Gasteiger partial charge in [0.1, 0.15) is 11.8 Å². The normalized spacial score (nSPS) is 11.6. The van der Waals surface area contributed by atoms with Crippen LogP contribution >= 0.6 is 0 Å². The number of amides is 2. The largest absolute Gasteiger partial charge is 0.508 e. The van der Waals surface area contributed by atoms with Crippen LogP contribution in [0.4, 0.5) is 26.3 Å². The van der Waals surface area contributed by atoms with E-state index < -0.39 is 30.3 Å². The lowest BCUT2D eigenvalue weighted by Gasteiger charge is -2.19. The van der Waals surface area contributed by atoms with Crippen molar-refractivity contribution in [3.8, 4) is 5.75 Å². The fraction of sp³-hybridized carbons (Fsp3) is 0.643. The first-order chi connectivity index (χ1) is 20.9. The highest BCUT2D eigenvalue weighted by atomic mass is 19.4. The number of phenolic OH excluding ortho intramolecular Hbond substituents is 1. The lowest BCUT2D eigenvalue weighted by Crippen LogP contribution is -2.48. The Morgan fingerprint density at radius 1 is 0.778 bits per heavy atom. The molecule has 1 atom stereocenters. The van der Waals surface area contributed by atoms with Crippen LogP contribution in [0.5, 0.6) is 5.75 Å². The van der Waals surface area contributed by atoms with Gasteiger partial charge in [0.2, 0.25) is 11.8 Å². The summed E-state index contributed by atoms with van der Waals surface area (Å²) >= 11 is 0. The predicted octanol–water partition coefficient (Wildman–Crippen LogP) is 3.88. The summed E-state index contributed by atoms with van der Waals surface area (Å²) < 4.78 is 63.5. The molecule has 0 aliphatic rings. The Kier molecular flexibility index (Phi) is 23.9. The van der Waals surface area contributed by atoms with Crippen molar-refractivity contribution in [1.29, 1.82) is 0 Å². The highest BCUT2D eigenvalue weighted by Crippen LogP contribution is 2.14. The summed E-state index contributed by atoms with van der Waals surface area (Å²) in [5.41, 5.74) is 6.38. The fourth-order valence-corrected chi connectivity index (χ4v) is 3.33. The number of aromatic hydroxyl groups is 1. The first-order valence-electron chi connectivity index (χ1n) is 14.3. The zero-order valence-electron chi connectivity index (χ0n) is 25.1. The lowest BCUT2D eigenvalue weighted by atomic mass is 10.0. The number of alkyl halides is 6. The minimum atomic E-state index is -5.08. The van der Waals surface area contributed by atoms with Crippen molar-refractivity contribution in [2.45, 2.75) is 89.5 Å². The van der Waals surface area contributed by atoms with E-state index >= 15 is 0 Å². The number of benzene rings is 1. The average molecular weight is 663 g/mol. The smallest absolute Gasteiger partial charge is 0.490 e. The van der Waals surface area contributed by atoms with Crippen LogP contribution in [0.1, 0.15) is 70.3 Å². The number of halogens is 6. The molecule has 0 saturated heterocycles. The van der Waals surface area contributed by atoms with Gasteiger partial charge in [-0.3, -0.25) is 9.59 Å². The van der Waals surface area contributed by atoms with Gasteiger partial charge in [-0.1, -0.05) is 38.3 Å². The first-order valence-corrected chi connectivity index (χ1v) is 14.3. The van der Waals surface area contributed by atoms with E-state index in [1.54, 1.807) is 24.3 Å². The quantitative estimate of drug-likeness (QED) is 0.0903. The van der Waals surface area contributed by atoms with Gasteiger partial charge in [0, 0.05) is 19.4 Å². The molecular weight excluding hydrogens is 618 g/mol. The summed E-state index contributed by atoms with van der Waals surface area (Å²) in [7, 11) is 0. The van der Waals surface area contributed by atoms with Gasteiger partial charge in [-0.15, -0.1) is 0 Å². The third kappa shape index (κ3) is 26.5. The van der Waals surface area contributed by atoms with E-state index in [0.717, 1.165) is 50.9 Å². The number of aliphatic carboxylic acids is 2. The van der Waals surface area contributed by atoms with Gasteiger partial charge < -0.3 is 37.0 Å². The topological polar surface area (TPSA) is 191 Å². The van der Waals surface area contributed by atoms with Crippen LogP contribution in [0, 0.1) is 0 Å². The zero-order valence-corrected chi connectivity index (χ0v) is 25.1. The Hall–Kier alpha value is -3.60. The molecule has 0 unspecified atom stereocenters. The SMILES string of the molecule is CCCC(=O)N[C@@H](Cc1ccc(O)cc1)C(=O)NCCCCNCCCCCCCN.O=C(O)C(F)(F)F.O=C(O)C(F)(F)F.